The molecule has 2 aromatic rings. The highest BCUT2D eigenvalue weighted by atomic mass is 16.6. The molecule has 1 aliphatic heterocycles. The van der Waals surface area contributed by atoms with Crippen molar-refractivity contribution >= 4 is 5.91 Å². The number of carbonyl (C=O) groups is 1. The first-order valence-electron chi connectivity index (χ1n) is 10.8. The fourth-order valence-electron chi connectivity index (χ4n) is 3.43. The van der Waals surface area contributed by atoms with Gasteiger partial charge in [0.05, 0.1) is 19.8 Å². The van der Waals surface area contributed by atoms with Crippen molar-refractivity contribution < 1.29 is 28.5 Å². The first-order valence-corrected chi connectivity index (χ1v) is 10.8. The summed E-state index contributed by atoms with van der Waals surface area (Å²) in [6.45, 7) is 11.1. The largest absolute Gasteiger partial charge is 0.490 e. The van der Waals surface area contributed by atoms with E-state index in [1.807, 2.05) is 45.9 Å². The second kappa shape index (κ2) is 10.8. The zero-order chi connectivity index (χ0) is 22.2. The van der Waals surface area contributed by atoms with Crippen molar-refractivity contribution in [1.29, 1.82) is 0 Å². The van der Waals surface area contributed by atoms with Crippen molar-refractivity contribution in [3.05, 3.63) is 41.5 Å². The summed E-state index contributed by atoms with van der Waals surface area (Å²) in [7, 11) is 0. The predicted octanol–water partition coefficient (Wildman–Crippen LogP) is 4.32. The average Bonchev–Trinajstić information content (AvgIpc) is 2.79. The molecule has 0 aromatic heterocycles. The predicted molar refractivity (Wildman–Crippen MR) is 118 cm³/mol. The maximum atomic E-state index is 13.4. The summed E-state index contributed by atoms with van der Waals surface area (Å²) in [5.41, 5.74) is 1.47. The molecule has 0 bridgehead atoms. The van der Waals surface area contributed by atoms with Gasteiger partial charge in [0.25, 0.3) is 5.91 Å². The van der Waals surface area contributed by atoms with Crippen LogP contribution in [-0.2, 0) is 6.54 Å². The van der Waals surface area contributed by atoms with Crippen LogP contribution >= 0.6 is 0 Å². The minimum Gasteiger partial charge on any atom is -0.490 e. The number of rotatable bonds is 10. The molecule has 1 heterocycles. The Balaban J connectivity index is 1.88. The molecule has 0 fully saturated rings. The average molecular weight is 430 g/mol. The highest BCUT2D eigenvalue weighted by Crippen LogP contribution is 2.39. The van der Waals surface area contributed by atoms with Crippen LogP contribution in [0.4, 0.5) is 0 Å². The van der Waals surface area contributed by atoms with Crippen molar-refractivity contribution in [2.24, 2.45) is 0 Å². The Morgan fingerprint density at radius 2 is 1.48 bits per heavy atom. The molecule has 2 aromatic carbocycles. The molecule has 7 nitrogen and oxygen atoms in total. The monoisotopic (exact) mass is 429 g/mol. The molecule has 31 heavy (non-hydrogen) atoms. The minimum absolute atomic E-state index is 0.109. The van der Waals surface area contributed by atoms with Crippen LogP contribution in [0.5, 0.6) is 28.7 Å². The lowest BCUT2D eigenvalue weighted by Crippen LogP contribution is -2.30. The molecule has 0 unspecified atom stereocenters. The van der Waals surface area contributed by atoms with E-state index >= 15 is 0 Å². The minimum atomic E-state index is -0.109. The Morgan fingerprint density at radius 1 is 0.871 bits per heavy atom. The van der Waals surface area contributed by atoms with Crippen LogP contribution in [-0.4, -0.2) is 50.4 Å². The number of carbonyl (C=O) groups excluding carboxylic acids is 1. The number of nitrogens with zero attached hydrogens (tertiary/aromatic N) is 1. The Kier molecular flexibility index (Phi) is 7.87. The quantitative estimate of drug-likeness (QED) is 0.561. The third-order valence-electron chi connectivity index (χ3n) is 4.81. The van der Waals surface area contributed by atoms with Crippen LogP contribution in [0.1, 0.15) is 43.6 Å². The number of amides is 1. The van der Waals surface area contributed by atoms with E-state index in [1.54, 1.807) is 17.0 Å². The van der Waals surface area contributed by atoms with Crippen LogP contribution in [0.3, 0.4) is 0 Å². The zero-order valence-corrected chi connectivity index (χ0v) is 18.7. The smallest absolute Gasteiger partial charge is 0.254 e. The normalized spacial score (nSPS) is 12.3. The summed E-state index contributed by atoms with van der Waals surface area (Å²) >= 11 is 0. The van der Waals surface area contributed by atoms with E-state index in [0.29, 0.717) is 74.7 Å². The van der Waals surface area contributed by atoms with Crippen molar-refractivity contribution in [2.75, 3.05) is 39.6 Å². The molecule has 168 valence electrons. The lowest BCUT2D eigenvalue weighted by atomic mass is 10.1. The summed E-state index contributed by atoms with van der Waals surface area (Å²) in [5, 5.41) is 0. The van der Waals surface area contributed by atoms with Crippen LogP contribution in [0.25, 0.3) is 0 Å². The van der Waals surface area contributed by atoms with Gasteiger partial charge in [0.1, 0.15) is 13.2 Å². The Morgan fingerprint density at radius 3 is 2.06 bits per heavy atom. The Labute approximate surface area is 183 Å². The van der Waals surface area contributed by atoms with Crippen molar-refractivity contribution in [2.45, 2.75) is 34.2 Å². The number of benzene rings is 2. The number of hydrogen-bond acceptors (Lipinski definition) is 6. The zero-order valence-electron chi connectivity index (χ0n) is 18.7. The summed E-state index contributed by atoms with van der Waals surface area (Å²) < 4.78 is 28.5. The first kappa shape index (κ1) is 22.6. The molecule has 3 rings (SSSR count). The molecule has 1 aliphatic rings. The second-order valence-corrected chi connectivity index (χ2v) is 6.90. The van der Waals surface area contributed by atoms with E-state index in [9.17, 15) is 4.79 Å². The van der Waals surface area contributed by atoms with Crippen LogP contribution in [0.15, 0.2) is 30.3 Å². The Hall–Kier alpha value is -3.09. The molecule has 0 spiro atoms. The second-order valence-electron chi connectivity index (χ2n) is 6.90. The molecule has 0 radical (unpaired) electrons. The van der Waals surface area contributed by atoms with Gasteiger partial charge in [-0.15, -0.1) is 0 Å². The molecule has 7 heteroatoms. The van der Waals surface area contributed by atoms with Gasteiger partial charge in [-0.2, -0.15) is 0 Å². The lowest BCUT2D eigenvalue weighted by molar-refractivity contribution is 0.0751. The van der Waals surface area contributed by atoms with E-state index in [4.69, 9.17) is 23.7 Å². The van der Waals surface area contributed by atoms with Gasteiger partial charge in [0.2, 0.25) is 5.75 Å². The van der Waals surface area contributed by atoms with E-state index in [0.717, 1.165) is 11.3 Å². The van der Waals surface area contributed by atoms with Gasteiger partial charge in [0, 0.05) is 18.7 Å². The molecule has 0 atom stereocenters. The van der Waals surface area contributed by atoms with Gasteiger partial charge in [-0.25, -0.2) is 0 Å². The molecule has 0 N–H and O–H groups in total. The highest BCUT2D eigenvalue weighted by molar-refractivity contribution is 5.95. The highest BCUT2D eigenvalue weighted by Gasteiger charge is 2.22. The molecule has 0 aliphatic carbocycles. The SMILES string of the molecule is CCOc1cc(C(=O)N(CC)Cc2ccc3c(c2)OCCO3)cc(OCC)c1OCC. The maximum Gasteiger partial charge on any atom is 0.254 e. The summed E-state index contributed by atoms with van der Waals surface area (Å²) in [6.07, 6.45) is 0. The van der Waals surface area contributed by atoms with Crippen molar-refractivity contribution in [3.8, 4) is 28.7 Å². The van der Waals surface area contributed by atoms with Crippen LogP contribution in [0.2, 0.25) is 0 Å². The molecule has 0 saturated heterocycles. The molecular formula is C24H31NO6. The summed E-state index contributed by atoms with van der Waals surface area (Å²) in [6, 6.07) is 9.23. The van der Waals surface area contributed by atoms with Crippen LogP contribution in [0, 0.1) is 0 Å². The Bertz CT molecular complexity index is 871. The van der Waals surface area contributed by atoms with Gasteiger partial charge in [-0.3, -0.25) is 4.79 Å². The molecule has 0 saturated carbocycles. The summed E-state index contributed by atoms with van der Waals surface area (Å²) in [4.78, 5) is 15.1. The topological polar surface area (TPSA) is 66.5 Å². The summed E-state index contributed by atoms with van der Waals surface area (Å²) in [5.74, 6) is 2.88. The number of fused-ring (bicyclic) bond motifs is 1. The van der Waals surface area contributed by atoms with Gasteiger partial charge < -0.3 is 28.6 Å². The van der Waals surface area contributed by atoms with E-state index in [1.165, 1.54) is 0 Å². The standard InChI is InChI=1S/C24H31NO6/c1-5-25(16-17-9-10-19-20(13-17)31-12-11-30-19)24(26)18-14-21(27-6-2)23(29-8-4)22(15-18)28-7-3/h9-10,13-15H,5-8,11-12,16H2,1-4H3. The fourth-order valence-corrected chi connectivity index (χ4v) is 3.43. The molecular weight excluding hydrogens is 398 g/mol. The lowest BCUT2D eigenvalue weighted by Gasteiger charge is -2.24. The van der Waals surface area contributed by atoms with Gasteiger partial charge in [-0.05, 0) is 57.5 Å². The van der Waals surface area contributed by atoms with Gasteiger partial charge in [0.15, 0.2) is 23.0 Å². The van der Waals surface area contributed by atoms with E-state index in [-0.39, 0.29) is 5.91 Å². The van der Waals surface area contributed by atoms with Gasteiger partial charge >= 0.3 is 0 Å². The third kappa shape index (κ3) is 5.34. The van der Waals surface area contributed by atoms with Gasteiger partial charge in [-0.1, -0.05) is 6.07 Å². The number of ether oxygens (including phenoxy) is 5. The van der Waals surface area contributed by atoms with E-state index in [2.05, 4.69) is 0 Å². The fraction of sp³-hybridized carbons (Fsp3) is 0.458. The first-order chi connectivity index (χ1) is 15.1. The molecule has 1 amide bonds. The third-order valence-corrected chi connectivity index (χ3v) is 4.81. The maximum absolute atomic E-state index is 13.4. The van der Waals surface area contributed by atoms with Crippen LogP contribution < -0.4 is 23.7 Å². The van der Waals surface area contributed by atoms with Crippen molar-refractivity contribution in [3.63, 3.8) is 0 Å². The van der Waals surface area contributed by atoms with Crippen molar-refractivity contribution in [1.82, 2.24) is 4.90 Å². The number of hydrogen-bond donors (Lipinski definition) is 0. The van der Waals surface area contributed by atoms with E-state index < -0.39 is 0 Å².